The van der Waals surface area contributed by atoms with Crippen LogP contribution in [0.25, 0.3) is 16.5 Å². The highest BCUT2D eigenvalue weighted by Crippen LogP contribution is 2.53. The topological polar surface area (TPSA) is 32.3 Å². The minimum absolute atomic E-state index is 0.00328. The van der Waals surface area contributed by atoms with E-state index in [-0.39, 0.29) is 17.1 Å². The second-order valence-corrected chi connectivity index (χ2v) is 9.62. The van der Waals surface area contributed by atoms with Gasteiger partial charge in [-0.1, -0.05) is 56.3 Å². The number of fused-ring (bicyclic) bond motifs is 5. The van der Waals surface area contributed by atoms with Gasteiger partial charge >= 0.3 is 0 Å². The summed E-state index contributed by atoms with van der Waals surface area (Å²) in [6, 6.07) is 21.4. The molecule has 1 aliphatic heterocycles. The highest BCUT2D eigenvalue weighted by atomic mass is 16.1. The van der Waals surface area contributed by atoms with Gasteiger partial charge in [-0.05, 0) is 51.9 Å². The number of carbonyl (C=O) groups is 1. The third-order valence-electron chi connectivity index (χ3n) is 6.57. The Morgan fingerprint density at radius 3 is 2.43 bits per heavy atom. The van der Waals surface area contributed by atoms with E-state index in [1.165, 1.54) is 16.3 Å². The first-order valence-electron chi connectivity index (χ1n) is 10.7. The van der Waals surface area contributed by atoms with E-state index in [1.54, 1.807) is 0 Å². The smallest absolute Gasteiger partial charge is 0.162 e. The van der Waals surface area contributed by atoms with Crippen molar-refractivity contribution in [2.24, 2.45) is 5.41 Å². The van der Waals surface area contributed by atoms with Crippen molar-refractivity contribution < 1.29 is 4.79 Å². The van der Waals surface area contributed by atoms with Gasteiger partial charge in [0.05, 0.1) is 5.70 Å². The molecule has 1 N–H and O–H groups in total. The molecule has 2 aliphatic rings. The normalized spacial score (nSPS) is 19.9. The molecule has 0 bridgehead atoms. The highest BCUT2D eigenvalue weighted by molar-refractivity contribution is 6.10. The number of hydrogen-bond donors (Lipinski definition) is 1. The molecule has 5 rings (SSSR count). The Kier molecular flexibility index (Phi) is 4.25. The Balaban J connectivity index is 1.73. The zero-order valence-electron chi connectivity index (χ0n) is 18.1. The average Bonchev–Trinajstić information content (AvgIpc) is 2.72. The Hall–Kier alpha value is -3.07. The van der Waals surface area contributed by atoms with E-state index in [2.05, 4.69) is 84.7 Å². The van der Waals surface area contributed by atoms with E-state index in [4.69, 9.17) is 0 Å². The predicted octanol–water partition coefficient (Wildman–Crippen LogP) is 6.22. The number of Topliss-reactive ketones (excluding diaryl/α,β-unsaturated/α-hetero) is 1. The van der Waals surface area contributed by atoms with Crippen LogP contribution in [0.1, 0.15) is 43.7 Å². The number of ketones is 1. The van der Waals surface area contributed by atoms with Crippen LogP contribution < -0.4 is 10.2 Å². The van der Waals surface area contributed by atoms with E-state index in [0.29, 0.717) is 6.42 Å². The molecule has 0 unspecified atom stereocenters. The maximum absolute atomic E-state index is 13.4. The Bertz CT molecular complexity index is 1190. The quantitative estimate of drug-likeness (QED) is 0.558. The van der Waals surface area contributed by atoms with Crippen LogP contribution in [-0.4, -0.2) is 19.9 Å². The first-order valence-corrected chi connectivity index (χ1v) is 10.7. The number of allylic oxidation sites excluding steroid dienone is 1. The lowest BCUT2D eigenvalue weighted by atomic mass is 9.64. The van der Waals surface area contributed by atoms with Gasteiger partial charge in [-0.3, -0.25) is 4.79 Å². The van der Waals surface area contributed by atoms with Crippen LogP contribution >= 0.6 is 0 Å². The fraction of sp³-hybridized carbons (Fsp3) is 0.296. The molecule has 1 aliphatic carbocycles. The molecule has 1 atom stereocenters. The number of nitrogens with zero attached hydrogens (tertiary/aromatic N) is 1. The van der Waals surface area contributed by atoms with Gasteiger partial charge in [0.25, 0.3) is 0 Å². The molecular weight excluding hydrogens is 368 g/mol. The summed E-state index contributed by atoms with van der Waals surface area (Å²) in [7, 11) is 4.08. The zero-order valence-corrected chi connectivity index (χ0v) is 18.1. The summed E-state index contributed by atoms with van der Waals surface area (Å²) in [5.41, 5.74) is 6.56. The van der Waals surface area contributed by atoms with Crippen LogP contribution in [0.3, 0.4) is 0 Å². The highest BCUT2D eigenvalue weighted by Gasteiger charge is 2.42. The molecule has 3 heteroatoms. The molecule has 0 aromatic heterocycles. The Morgan fingerprint density at radius 2 is 1.70 bits per heavy atom. The van der Waals surface area contributed by atoms with Crippen molar-refractivity contribution in [3.63, 3.8) is 0 Å². The summed E-state index contributed by atoms with van der Waals surface area (Å²) in [5.74, 6) is 0.390. The first-order chi connectivity index (χ1) is 14.3. The fourth-order valence-electron chi connectivity index (χ4n) is 5.15. The van der Waals surface area contributed by atoms with E-state index in [0.717, 1.165) is 34.6 Å². The van der Waals surface area contributed by atoms with Gasteiger partial charge in [0.1, 0.15) is 0 Å². The summed E-state index contributed by atoms with van der Waals surface area (Å²) in [4.78, 5) is 15.5. The second-order valence-electron chi connectivity index (χ2n) is 9.62. The van der Waals surface area contributed by atoms with Crippen molar-refractivity contribution in [2.75, 3.05) is 24.3 Å². The van der Waals surface area contributed by atoms with Crippen LogP contribution in [0.2, 0.25) is 0 Å². The molecule has 152 valence electrons. The van der Waals surface area contributed by atoms with Gasteiger partial charge in [-0.25, -0.2) is 0 Å². The molecule has 1 saturated carbocycles. The van der Waals surface area contributed by atoms with E-state index >= 15 is 0 Å². The van der Waals surface area contributed by atoms with Crippen molar-refractivity contribution in [2.45, 2.75) is 32.6 Å². The largest absolute Gasteiger partial charge is 0.378 e. The minimum atomic E-state index is -0.00328. The van der Waals surface area contributed by atoms with Gasteiger partial charge in [-0.2, -0.15) is 0 Å². The molecule has 3 aromatic rings. The van der Waals surface area contributed by atoms with Gasteiger partial charge in [0.15, 0.2) is 5.78 Å². The fourth-order valence-corrected chi connectivity index (χ4v) is 5.15. The second kappa shape index (κ2) is 6.73. The van der Waals surface area contributed by atoms with Crippen LogP contribution in [0.15, 0.2) is 66.2 Å². The van der Waals surface area contributed by atoms with E-state index < -0.39 is 0 Å². The van der Waals surface area contributed by atoms with Crippen LogP contribution in [-0.2, 0) is 4.79 Å². The van der Waals surface area contributed by atoms with Crippen molar-refractivity contribution in [1.29, 1.82) is 0 Å². The Morgan fingerprint density at radius 1 is 0.967 bits per heavy atom. The third-order valence-corrected chi connectivity index (χ3v) is 6.57. The molecule has 0 radical (unpaired) electrons. The van der Waals surface area contributed by atoms with Gasteiger partial charge in [-0.15, -0.1) is 0 Å². The van der Waals surface area contributed by atoms with Crippen LogP contribution in [0.5, 0.6) is 0 Å². The van der Waals surface area contributed by atoms with Crippen molar-refractivity contribution in [3.05, 3.63) is 77.4 Å². The number of carbonyl (C=O) groups excluding carboxylic acids is 1. The molecule has 3 nitrogen and oxygen atoms in total. The molecular formula is C27H28N2O. The SMILES string of the molecule is CN(C)c1ccc(C2=C3C(=O)CC(C)(C)C[C@@H]3c3c(ccc4ccccc34)N2)cc1. The van der Waals surface area contributed by atoms with Crippen LogP contribution in [0, 0.1) is 5.41 Å². The van der Waals surface area contributed by atoms with Gasteiger partial charge < -0.3 is 10.2 Å². The average molecular weight is 397 g/mol. The third kappa shape index (κ3) is 3.00. The Labute approximate surface area is 178 Å². The first kappa shape index (κ1) is 18.9. The van der Waals surface area contributed by atoms with Crippen molar-refractivity contribution in [3.8, 4) is 0 Å². The summed E-state index contributed by atoms with van der Waals surface area (Å²) in [6.07, 6.45) is 1.58. The van der Waals surface area contributed by atoms with E-state index in [1.807, 2.05) is 14.1 Å². The van der Waals surface area contributed by atoms with E-state index in [9.17, 15) is 4.79 Å². The molecule has 3 aromatic carbocycles. The number of anilines is 2. The molecule has 1 heterocycles. The lowest BCUT2D eigenvalue weighted by molar-refractivity contribution is -0.119. The molecule has 0 spiro atoms. The van der Waals surface area contributed by atoms with Gasteiger partial charge in [0, 0.05) is 43.4 Å². The van der Waals surface area contributed by atoms with Crippen molar-refractivity contribution >= 4 is 33.6 Å². The maximum atomic E-state index is 13.4. The molecule has 1 fully saturated rings. The number of benzene rings is 3. The lowest BCUT2D eigenvalue weighted by Crippen LogP contribution is -2.34. The summed E-state index contributed by atoms with van der Waals surface area (Å²) in [5, 5.41) is 6.13. The zero-order chi connectivity index (χ0) is 21.0. The van der Waals surface area contributed by atoms with Gasteiger partial charge in [0.2, 0.25) is 0 Å². The summed E-state index contributed by atoms with van der Waals surface area (Å²) >= 11 is 0. The maximum Gasteiger partial charge on any atom is 0.162 e. The minimum Gasteiger partial charge on any atom is -0.378 e. The number of hydrogen-bond acceptors (Lipinski definition) is 3. The summed E-state index contributed by atoms with van der Waals surface area (Å²) in [6.45, 7) is 4.44. The number of nitrogens with one attached hydrogen (secondary N) is 1. The molecule has 30 heavy (non-hydrogen) atoms. The monoisotopic (exact) mass is 396 g/mol. The number of rotatable bonds is 2. The standard InChI is InChI=1S/C27H28N2O/c1-27(2)15-21-24-20-8-6-5-7-17(20)11-14-22(24)28-26(25(21)23(30)16-27)18-9-12-19(13-10-18)29(3)4/h5-14,21,28H,15-16H2,1-4H3/t21-/m1/s1. The molecule has 0 amide bonds. The summed E-state index contributed by atoms with van der Waals surface area (Å²) < 4.78 is 0. The van der Waals surface area contributed by atoms with Crippen molar-refractivity contribution in [1.82, 2.24) is 0 Å². The lowest BCUT2D eigenvalue weighted by Gasteiger charge is -2.41. The predicted molar refractivity (Wildman–Crippen MR) is 126 cm³/mol. The molecule has 0 saturated heterocycles. The van der Waals surface area contributed by atoms with Crippen LogP contribution in [0.4, 0.5) is 11.4 Å².